The topological polar surface area (TPSA) is 78.4 Å². The van der Waals surface area contributed by atoms with E-state index in [0.29, 0.717) is 19.4 Å². The number of aliphatic carboxylic acids is 1. The predicted octanol–water partition coefficient (Wildman–Crippen LogP) is 1.53. The lowest BCUT2D eigenvalue weighted by molar-refractivity contribution is -0.150. The van der Waals surface area contributed by atoms with E-state index in [2.05, 4.69) is 17.6 Å². The number of amides is 1. The number of carbonyl (C=O) groups is 2. The first-order chi connectivity index (χ1) is 8.96. The average molecular weight is 270 g/mol. The Kier molecular flexibility index (Phi) is 5.35. The Morgan fingerprint density at radius 2 is 1.95 bits per heavy atom. The van der Waals surface area contributed by atoms with Crippen molar-refractivity contribution in [1.82, 2.24) is 10.6 Å². The zero-order valence-electron chi connectivity index (χ0n) is 12.2. The minimum atomic E-state index is -1.12. The molecular weight excluding hydrogens is 244 g/mol. The van der Waals surface area contributed by atoms with E-state index in [9.17, 15) is 14.7 Å². The van der Waals surface area contributed by atoms with Gasteiger partial charge in [-0.05, 0) is 32.2 Å². The molecule has 0 spiro atoms. The van der Waals surface area contributed by atoms with E-state index in [4.69, 9.17) is 0 Å². The standard InChI is InChI=1S/C14H26N2O3/c1-4-7-13(8-9-15-10-13)11(17)16-14(5-2,6-3)12(18)19/h15H,4-10H2,1-3H3,(H,16,17)(H,18,19). The van der Waals surface area contributed by atoms with E-state index in [0.717, 1.165) is 25.8 Å². The molecular formula is C14H26N2O3. The van der Waals surface area contributed by atoms with Gasteiger partial charge in [0.15, 0.2) is 0 Å². The number of nitrogens with one attached hydrogen (secondary N) is 2. The van der Waals surface area contributed by atoms with E-state index in [1.165, 1.54) is 0 Å². The van der Waals surface area contributed by atoms with Gasteiger partial charge in [0.25, 0.3) is 0 Å². The smallest absolute Gasteiger partial charge is 0.329 e. The molecule has 1 amide bonds. The molecule has 5 nitrogen and oxygen atoms in total. The summed E-state index contributed by atoms with van der Waals surface area (Å²) in [6.45, 7) is 7.13. The second-order valence-electron chi connectivity index (χ2n) is 5.51. The minimum Gasteiger partial charge on any atom is -0.480 e. The second-order valence-corrected chi connectivity index (χ2v) is 5.51. The second kappa shape index (κ2) is 6.37. The molecule has 1 saturated heterocycles. The largest absolute Gasteiger partial charge is 0.480 e. The molecule has 1 rings (SSSR count). The summed E-state index contributed by atoms with van der Waals surface area (Å²) in [7, 11) is 0. The number of hydrogen-bond acceptors (Lipinski definition) is 3. The summed E-state index contributed by atoms with van der Waals surface area (Å²) in [4.78, 5) is 24.0. The van der Waals surface area contributed by atoms with Gasteiger partial charge in [-0.25, -0.2) is 4.79 Å². The minimum absolute atomic E-state index is 0.106. The molecule has 0 aromatic carbocycles. The summed E-state index contributed by atoms with van der Waals surface area (Å²) in [6, 6.07) is 0. The fourth-order valence-corrected chi connectivity index (χ4v) is 2.88. The number of carboxylic acids is 1. The summed E-state index contributed by atoms with van der Waals surface area (Å²) >= 11 is 0. The number of carbonyl (C=O) groups excluding carboxylic acids is 1. The molecule has 5 heteroatoms. The molecule has 0 aliphatic carbocycles. The highest BCUT2D eigenvalue weighted by Gasteiger charge is 2.45. The van der Waals surface area contributed by atoms with Crippen LogP contribution in [0.1, 0.15) is 52.9 Å². The van der Waals surface area contributed by atoms with Gasteiger partial charge in [-0.3, -0.25) is 4.79 Å². The molecule has 1 atom stereocenters. The van der Waals surface area contributed by atoms with Crippen molar-refractivity contribution in [2.45, 2.75) is 58.4 Å². The van der Waals surface area contributed by atoms with Crippen LogP contribution < -0.4 is 10.6 Å². The van der Waals surface area contributed by atoms with Gasteiger partial charge in [-0.15, -0.1) is 0 Å². The van der Waals surface area contributed by atoms with Crippen LogP contribution in [0.5, 0.6) is 0 Å². The van der Waals surface area contributed by atoms with E-state index < -0.39 is 16.9 Å². The Bertz CT molecular complexity index is 332. The van der Waals surface area contributed by atoms with Crippen LogP contribution in [0, 0.1) is 5.41 Å². The van der Waals surface area contributed by atoms with Crippen molar-refractivity contribution >= 4 is 11.9 Å². The highest BCUT2D eigenvalue weighted by atomic mass is 16.4. The molecule has 1 aliphatic heterocycles. The van der Waals surface area contributed by atoms with Gasteiger partial charge >= 0.3 is 5.97 Å². The third kappa shape index (κ3) is 3.08. The van der Waals surface area contributed by atoms with Crippen LogP contribution in [0.4, 0.5) is 0 Å². The van der Waals surface area contributed by atoms with Crippen LogP contribution in [0.2, 0.25) is 0 Å². The highest BCUT2D eigenvalue weighted by molar-refractivity contribution is 5.90. The molecule has 1 heterocycles. The maximum atomic E-state index is 12.6. The Hall–Kier alpha value is -1.10. The Balaban J connectivity index is 2.89. The van der Waals surface area contributed by atoms with E-state index in [-0.39, 0.29) is 5.91 Å². The molecule has 3 N–H and O–H groups in total. The van der Waals surface area contributed by atoms with Gasteiger partial charge < -0.3 is 15.7 Å². The molecule has 110 valence electrons. The maximum Gasteiger partial charge on any atom is 0.329 e. The van der Waals surface area contributed by atoms with Crippen LogP contribution >= 0.6 is 0 Å². The number of rotatable bonds is 7. The quantitative estimate of drug-likeness (QED) is 0.655. The predicted molar refractivity (Wildman–Crippen MR) is 73.9 cm³/mol. The van der Waals surface area contributed by atoms with Crippen LogP contribution in [0.15, 0.2) is 0 Å². The SMILES string of the molecule is CCCC1(C(=O)NC(CC)(CC)C(=O)O)CCNC1. The summed E-state index contributed by atoms with van der Waals surface area (Å²) in [5.41, 5.74) is -1.56. The molecule has 1 unspecified atom stereocenters. The van der Waals surface area contributed by atoms with Crippen molar-refractivity contribution in [3.05, 3.63) is 0 Å². The van der Waals surface area contributed by atoms with Crippen molar-refractivity contribution in [2.75, 3.05) is 13.1 Å². The number of hydrogen-bond donors (Lipinski definition) is 3. The summed E-state index contributed by atoms with van der Waals surface area (Å²) in [5.74, 6) is -1.05. The van der Waals surface area contributed by atoms with Crippen LogP contribution in [-0.2, 0) is 9.59 Å². The van der Waals surface area contributed by atoms with Crippen molar-refractivity contribution in [2.24, 2.45) is 5.41 Å². The van der Waals surface area contributed by atoms with Gasteiger partial charge in [0.05, 0.1) is 5.41 Å². The summed E-state index contributed by atoms with van der Waals surface area (Å²) < 4.78 is 0. The Morgan fingerprint density at radius 3 is 2.32 bits per heavy atom. The van der Waals surface area contributed by atoms with Gasteiger partial charge in [-0.2, -0.15) is 0 Å². The first kappa shape index (κ1) is 16.0. The molecule has 1 fully saturated rings. The lowest BCUT2D eigenvalue weighted by Crippen LogP contribution is -2.58. The number of carboxylic acid groups (broad SMARTS) is 1. The van der Waals surface area contributed by atoms with Crippen molar-refractivity contribution in [1.29, 1.82) is 0 Å². The maximum absolute atomic E-state index is 12.6. The van der Waals surface area contributed by atoms with Gasteiger partial charge in [0, 0.05) is 6.54 Å². The molecule has 0 saturated carbocycles. The van der Waals surface area contributed by atoms with Gasteiger partial charge in [-0.1, -0.05) is 27.2 Å². The van der Waals surface area contributed by atoms with E-state index in [1.54, 1.807) is 13.8 Å². The Morgan fingerprint density at radius 1 is 1.32 bits per heavy atom. The first-order valence-electron chi connectivity index (χ1n) is 7.23. The fraction of sp³-hybridized carbons (Fsp3) is 0.857. The first-order valence-corrected chi connectivity index (χ1v) is 7.23. The summed E-state index contributed by atoms with van der Waals surface area (Å²) in [6.07, 6.45) is 3.32. The van der Waals surface area contributed by atoms with E-state index in [1.807, 2.05) is 0 Å². The zero-order valence-corrected chi connectivity index (χ0v) is 12.2. The van der Waals surface area contributed by atoms with Crippen LogP contribution in [0.3, 0.4) is 0 Å². The van der Waals surface area contributed by atoms with Crippen molar-refractivity contribution in [3.8, 4) is 0 Å². The van der Waals surface area contributed by atoms with E-state index >= 15 is 0 Å². The molecule has 0 radical (unpaired) electrons. The molecule has 19 heavy (non-hydrogen) atoms. The van der Waals surface area contributed by atoms with Crippen molar-refractivity contribution < 1.29 is 14.7 Å². The van der Waals surface area contributed by atoms with Crippen molar-refractivity contribution in [3.63, 3.8) is 0 Å². The molecule has 0 aromatic rings. The third-order valence-electron chi connectivity index (χ3n) is 4.42. The molecule has 1 aliphatic rings. The lowest BCUT2D eigenvalue weighted by atomic mass is 9.80. The normalized spacial score (nSPS) is 23.3. The van der Waals surface area contributed by atoms with Gasteiger partial charge in [0.2, 0.25) is 5.91 Å². The average Bonchev–Trinajstić information content (AvgIpc) is 2.85. The fourth-order valence-electron chi connectivity index (χ4n) is 2.88. The highest BCUT2D eigenvalue weighted by Crippen LogP contribution is 2.32. The Labute approximate surface area is 115 Å². The van der Waals surface area contributed by atoms with Gasteiger partial charge in [0.1, 0.15) is 5.54 Å². The molecule has 0 aromatic heterocycles. The zero-order chi connectivity index (χ0) is 14.5. The monoisotopic (exact) mass is 270 g/mol. The lowest BCUT2D eigenvalue weighted by Gasteiger charge is -2.34. The third-order valence-corrected chi connectivity index (χ3v) is 4.42. The summed E-state index contributed by atoms with van der Waals surface area (Å²) in [5, 5.41) is 15.4. The van der Waals surface area contributed by atoms with Crippen LogP contribution in [-0.4, -0.2) is 35.6 Å². The molecule has 0 bridgehead atoms. The van der Waals surface area contributed by atoms with Crippen LogP contribution in [0.25, 0.3) is 0 Å².